The average molecular weight is 360 g/mol. The maximum atomic E-state index is 13.2. The number of hydrogen-bond donors (Lipinski definition) is 1. The molecule has 1 saturated heterocycles. The quantitative estimate of drug-likeness (QED) is 0.817. The van der Waals surface area contributed by atoms with E-state index >= 15 is 0 Å². The second-order valence-corrected chi connectivity index (χ2v) is 6.55. The fourth-order valence-corrected chi connectivity index (χ4v) is 3.63. The number of aromatic nitrogens is 1. The minimum absolute atomic E-state index is 0.0755. The van der Waals surface area contributed by atoms with Crippen LogP contribution in [0.3, 0.4) is 0 Å². The normalized spacial score (nSPS) is 20.0. The molecule has 26 heavy (non-hydrogen) atoms. The standard InChI is InChI=1S/C19H24N2O5/c1-25-8-7-20-12-16(15-5-3-4-6-17(15)20)19(24)21-11-14(26-2)9-13(21)10-18(22)23/h3-6,12-14H,7-11H2,1-2H3,(H,22,23). The first-order valence-electron chi connectivity index (χ1n) is 8.67. The van der Waals surface area contributed by atoms with E-state index in [9.17, 15) is 14.7 Å². The maximum absolute atomic E-state index is 13.2. The molecular formula is C19H24N2O5. The molecule has 1 aliphatic heterocycles. The van der Waals surface area contributed by atoms with Gasteiger partial charge in [0.2, 0.25) is 0 Å². The van der Waals surface area contributed by atoms with Crippen molar-refractivity contribution < 1.29 is 24.2 Å². The molecule has 7 heteroatoms. The number of amides is 1. The predicted molar refractivity (Wildman–Crippen MR) is 96.3 cm³/mol. The van der Waals surface area contributed by atoms with E-state index in [4.69, 9.17) is 9.47 Å². The molecule has 0 spiro atoms. The molecule has 1 aromatic carbocycles. The van der Waals surface area contributed by atoms with Gasteiger partial charge in [0.1, 0.15) is 0 Å². The van der Waals surface area contributed by atoms with Crippen molar-refractivity contribution in [3.8, 4) is 0 Å². The van der Waals surface area contributed by atoms with E-state index in [1.54, 1.807) is 19.1 Å². The molecule has 1 amide bonds. The summed E-state index contributed by atoms with van der Waals surface area (Å²) in [7, 11) is 3.23. The Labute approximate surface area is 152 Å². The zero-order valence-corrected chi connectivity index (χ0v) is 15.1. The van der Waals surface area contributed by atoms with Crippen LogP contribution >= 0.6 is 0 Å². The third-order valence-corrected chi connectivity index (χ3v) is 4.94. The monoisotopic (exact) mass is 360 g/mol. The smallest absolute Gasteiger partial charge is 0.305 e. The predicted octanol–water partition coefficient (Wildman–Crippen LogP) is 1.99. The molecule has 2 aromatic rings. The number of fused-ring (bicyclic) bond motifs is 1. The lowest BCUT2D eigenvalue weighted by atomic mass is 10.1. The number of methoxy groups -OCH3 is 2. The van der Waals surface area contributed by atoms with Crippen LogP contribution in [-0.4, -0.2) is 66.0 Å². The van der Waals surface area contributed by atoms with E-state index < -0.39 is 5.97 Å². The Morgan fingerprint density at radius 3 is 2.73 bits per heavy atom. The summed E-state index contributed by atoms with van der Waals surface area (Å²) in [6.07, 6.45) is 2.17. The van der Waals surface area contributed by atoms with Gasteiger partial charge in [-0.05, 0) is 12.5 Å². The number of rotatable bonds is 7. The van der Waals surface area contributed by atoms with Crippen molar-refractivity contribution in [2.24, 2.45) is 0 Å². The van der Waals surface area contributed by atoms with Crippen molar-refractivity contribution in [2.75, 3.05) is 27.4 Å². The van der Waals surface area contributed by atoms with Crippen molar-refractivity contribution in [1.82, 2.24) is 9.47 Å². The van der Waals surface area contributed by atoms with Crippen molar-refractivity contribution >= 4 is 22.8 Å². The fraction of sp³-hybridized carbons (Fsp3) is 0.474. The highest BCUT2D eigenvalue weighted by Gasteiger charge is 2.37. The number of hydrogen-bond acceptors (Lipinski definition) is 4. The first-order valence-corrected chi connectivity index (χ1v) is 8.67. The van der Waals surface area contributed by atoms with E-state index in [0.29, 0.717) is 31.7 Å². The molecule has 1 aliphatic rings. The first kappa shape index (κ1) is 18.4. The second-order valence-electron chi connectivity index (χ2n) is 6.55. The lowest BCUT2D eigenvalue weighted by Gasteiger charge is -2.23. The average Bonchev–Trinajstić information content (AvgIpc) is 3.20. The van der Waals surface area contributed by atoms with E-state index in [1.807, 2.05) is 35.0 Å². The van der Waals surface area contributed by atoms with Crippen LogP contribution in [0, 0.1) is 0 Å². The highest BCUT2D eigenvalue weighted by Crippen LogP contribution is 2.28. The number of ether oxygens (including phenoxy) is 2. The van der Waals surface area contributed by atoms with Crippen molar-refractivity contribution in [2.45, 2.75) is 31.5 Å². The summed E-state index contributed by atoms with van der Waals surface area (Å²) in [4.78, 5) is 26.1. The number of aliphatic carboxylic acids is 1. The maximum Gasteiger partial charge on any atom is 0.305 e. The summed E-state index contributed by atoms with van der Waals surface area (Å²) < 4.78 is 12.5. The SMILES string of the molecule is COCCn1cc(C(=O)N2CC(OC)CC2CC(=O)O)c2ccccc21. The highest BCUT2D eigenvalue weighted by atomic mass is 16.5. The van der Waals surface area contributed by atoms with Gasteiger partial charge in [0.05, 0.1) is 24.7 Å². The molecule has 0 saturated carbocycles. The Morgan fingerprint density at radius 2 is 2.04 bits per heavy atom. The summed E-state index contributed by atoms with van der Waals surface area (Å²) in [5.41, 5.74) is 1.55. The molecule has 0 aliphatic carbocycles. The minimum atomic E-state index is -0.910. The van der Waals surface area contributed by atoms with E-state index in [1.165, 1.54) is 0 Å². The molecule has 2 unspecified atom stereocenters. The molecule has 1 fully saturated rings. The Morgan fingerprint density at radius 1 is 1.27 bits per heavy atom. The van der Waals surface area contributed by atoms with Gasteiger partial charge in [-0.25, -0.2) is 0 Å². The number of nitrogens with zero attached hydrogens (tertiary/aromatic N) is 2. The molecular weight excluding hydrogens is 336 g/mol. The van der Waals surface area contributed by atoms with Gasteiger partial charge in [0.25, 0.3) is 5.91 Å². The summed E-state index contributed by atoms with van der Waals surface area (Å²) in [6, 6.07) is 7.37. The lowest BCUT2D eigenvalue weighted by Crippen LogP contribution is -2.37. The molecule has 3 rings (SSSR count). The number of carboxylic acid groups (broad SMARTS) is 1. The molecule has 0 bridgehead atoms. The van der Waals surface area contributed by atoms with Crippen molar-refractivity contribution in [1.29, 1.82) is 0 Å². The third kappa shape index (κ3) is 3.59. The molecule has 1 aromatic heterocycles. The molecule has 2 heterocycles. The summed E-state index contributed by atoms with van der Waals surface area (Å²) >= 11 is 0. The van der Waals surface area contributed by atoms with E-state index in [0.717, 1.165) is 10.9 Å². The largest absolute Gasteiger partial charge is 0.481 e. The van der Waals surface area contributed by atoms with Crippen LogP contribution in [0.15, 0.2) is 30.5 Å². The van der Waals surface area contributed by atoms with Gasteiger partial charge in [-0.15, -0.1) is 0 Å². The van der Waals surface area contributed by atoms with Crippen LogP contribution < -0.4 is 0 Å². The second kappa shape index (κ2) is 7.88. The lowest BCUT2D eigenvalue weighted by molar-refractivity contribution is -0.137. The van der Waals surface area contributed by atoms with Crippen molar-refractivity contribution in [3.05, 3.63) is 36.0 Å². The number of para-hydroxylation sites is 1. The number of carbonyl (C=O) groups excluding carboxylic acids is 1. The molecule has 1 N–H and O–H groups in total. The number of likely N-dealkylation sites (tertiary alicyclic amines) is 1. The topological polar surface area (TPSA) is 81.0 Å². The zero-order valence-electron chi connectivity index (χ0n) is 15.1. The number of carboxylic acids is 1. The number of benzene rings is 1. The van der Waals surface area contributed by atoms with Gasteiger partial charge in [-0.3, -0.25) is 9.59 Å². The molecule has 7 nitrogen and oxygen atoms in total. The Balaban J connectivity index is 1.94. The van der Waals surface area contributed by atoms with Gasteiger partial charge >= 0.3 is 5.97 Å². The van der Waals surface area contributed by atoms with Gasteiger partial charge in [-0.1, -0.05) is 18.2 Å². The molecule has 140 valence electrons. The molecule has 2 atom stereocenters. The van der Waals surface area contributed by atoms with Crippen LogP contribution in [0.4, 0.5) is 0 Å². The van der Waals surface area contributed by atoms with Crippen LogP contribution in [-0.2, 0) is 20.8 Å². The number of carbonyl (C=O) groups is 2. The first-order chi connectivity index (χ1) is 12.5. The van der Waals surface area contributed by atoms with Crippen LogP contribution in [0.5, 0.6) is 0 Å². The Bertz CT molecular complexity index is 800. The van der Waals surface area contributed by atoms with Gasteiger partial charge in [0.15, 0.2) is 0 Å². The minimum Gasteiger partial charge on any atom is -0.481 e. The van der Waals surface area contributed by atoms with Gasteiger partial charge in [0, 0.05) is 50.5 Å². The zero-order chi connectivity index (χ0) is 18.7. The van der Waals surface area contributed by atoms with E-state index in [2.05, 4.69) is 0 Å². The summed E-state index contributed by atoms with van der Waals surface area (Å²) in [6.45, 7) is 1.60. The van der Waals surface area contributed by atoms with Gasteiger partial charge < -0.3 is 24.0 Å². The van der Waals surface area contributed by atoms with Crippen molar-refractivity contribution in [3.63, 3.8) is 0 Å². The Kier molecular flexibility index (Phi) is 5.58. The Hall–Kier alpha value is -2.38. The molecule has 0 radical (unpaired) electrons. The van der Waals surface area contributed by atoms with Crippen LogP contribution in [0.25, 0.3) is 10.9 Å². The van der Waals surface area contributed by atoms with E-state index in [-0.39, 0.29) is 24.5 Å². The third-order valence-electron chi connectivity index (χ3n) is 4.94. The fourth-order valence-electron chi connectivity index (χ4n) is 3.63. The van der Waals surface area contributed by atoms with Crippen LogP contribution in [0.2, 0.25) is 0 Å². The highest BCUT2D eigenvalue weighted by molar-refractivity contribution is 6.07. The summed E-state index contributed by atoms with van der Waals surface area (Å²) in [5.74, 6) is -1.06. The van der Waals surface area contributed by atoms with Crippen LogP contribution in [0.1, 0.15) is 23.2 Å². The van der Waals surface area contributed by atoms with Gasteiger partial charge in [-0.2, -0.15) is 0 Å². The summed E-state index contributed by atoms with van der Waals surface area (Å²) in [5, 5.41) is 10.0.